The van der Waals surface area contributed by atoms with Crippen molar-refractivity contribution in [2.75, 3.05) is 12.8 Å². The molecule has 0 aliphatic rings. The number of nitrogens with two attached hydrogens (primary N) is 1. The van der Waals surface area contributed by atoms with E-state index < -0.39 is 0 Å². The highest BCUT2D eigenvalue weighted by molar-refractivity contribution is 9.10. The van der Waals surface area contributed by atoms with Crippen molar-refractivity contribution in [2.45, 2.75) is 13.2 Å². The van der Waals surface area contributed by atoms with E-state index in [0.29, 0.717) is 18.9 Å². The maximum Gasteiger partial charge on any atom is 0.121 e. The van der Waals surface area contributed by atoms with Gasteiger partial charge in [0.25, 0.3) is 0 Å². The number of nitrogen functional groups attached to an aromatic ring is 1. The van der Waals surface area contributed by atoms with Crippen LogP contribution in [-0.2, 0) is 18.0 Å². The second-order valence-electron chi connectivity index (χ2n) is 4.24. The number of benzene rings is 2. The summed E-state index contributed by atoms with van der Waals surface area (Å²) in [6.45, 7) is 1.07. The molecule has 0 aliphatic carbocycles. The molecule has 0 amide bonds. The predicted molar refractivity (Wildman–Crippen MR) is 80.0 cm³/mol. The highest BCUT2D eigenvalue weighted by Crippen LogP contribution is 2.19. The van der Waals surface area contributed by atoms with Gasteiger partial charge >= 0.3 is 0 Å². The van der Waals surface area contributed by atoms with Gasteiger partial charge in [0, 0.05) is 16.2 Å². The molecule has 0 saturated heterocycles. The number of rotatable bonds is 5. The van der Waals surface area contributed by atoms with Gasteiger partial charge in [0.05, 0.1) is 20.3 Å². The first-order chi connectivity index (χ1) is 9.17. The fraction of sp³-hybridized carbons (Fsp3) is 0.200. The predicted octanol–water partition coefficient (Wildman–Crippen LogP) is 3.76. The van der Waals surface area contributed by atoms with E-state index in [0.717, 1.165) is 21.3 Å². The van der Waals surface area contributed by atoms with Crippen LogP contribution in [0.5, 0.6) is 5.75 Å². The Balaban J connectivity index is 1.94. The molecule has 19 heavy (non-hydrogen) atoms. The Bertz CT molecular complexity index is 558. The zero-order valence-corrected chi connectivity index (χ0v) is 12.3. The third-order valence-electron chi connectivity index (χ3n) is 2.65. The second kappa shape index (κ2) is 6.59. The molecule has 4 heteroatoms. The third-order valence-corrected chi connectivity index (χ3v) is 3.14. The maximum atomic E-state index is 5.80. The lowest BCUT2D eigenvalue weighted by Gasteiger charge is -2.08. The van der Waals surface area contributed by atoms with E-state index in [-0.39, 0.29) is 0 Å². The molecular formula is C15H16BrNO2. The molecule has 100 valence electrons. The zero-order chi connectivity index (χ0) is 13.7. The normalized spacial score (nSPS) is 10.4. The summed E-state index contributed by atoms with van der Waals surface area (Å²) in [5.74, 6) is 0.751. The summed E-state index contributed by atoms with van der Waals surface area (Å²) < 4.78 is 11.9. The number of hydrogen-bond acceptors (Lipinski definition) is 3. The summed E-state index contributed by atoms with van der Waals surface area (Å²) >= 11 is 3.44. The van der Waals surface area contributed by atoms with E-state index in [2.05, 4.69) is 15.9 Å². The lowest BCUT2D eigenvalue weighted by Crippen LogP contribution is -1.97. The van der Waals surface area contributed by atoms with Crippen LogP contribution in [0.15, 0.2) is 46.9 Å². The summed E-state index contributed by atoms with van der Waals surface area (Å²) in [4.78, 5) is 0. The third kappa shape index (κ3) is 4.26. The molecule has 0 heterocycles. The minimum atomic E-state index is 0.508. The second-order valence-corrected chi connectivity index (χ2v) is 5.15. The Hall–Kier alpha value is -1.52. The molecule has 0 radical (unpaired) electrons. The van der Waals surface area contributed by atoms with Crippen molar-refractivity contribution >= 4 is 21.6 Å². The van der Waals surface area contributed by atoms with Crippen molar-refractivity contribution < 1.29 is 9.47 Å². The van der Waals surface area contributed by atoms with Crippen molar-refractivity contribution in [3.63, 3.8) is 0 Å². The van der Waals surface area contributed by atoms with E-state index in [4.69, 9.17) is 15.2 Å². The average molecular weight is 322 g/mol. The van der Waals surface area contributed by atoms with Crippen LogP contribution in [0.4, 0.5) is 5.69 Å². The molecule has 0 saturated carbocycles. The average Bonchev–Trinajstić information content (AvgIpc) is 2.38. The molecular weight excluding hydrogens is 306 g/mol. The topological polar surface area (TPSA) is 44.5 Å². The van der Waals surface area contributed by atoms with Crippen LogP contribution in [-0.4, -0.2) is 7.11 Å². The highest BCUT2D eigenvalue weighted by atomic mass is 79.9. The molecule has 2 rings (SSSR count). The Kier molecular flexibility index (Phi) is 4.82. The monoisotopic (exact) mass is 321 g/mol. The van der Waals surface area contributed by atoms with Crippen LogP contribution < -0.4 is 10.5 Å². The summed E-state index contributed by atoms with van der Waals surface area (Å²) in [5.41, 5.74) is 8.61. The zero-order valence-electron chi connectivity index (χ0n) is 10.7. The molecule has 0 aromatic heterocycles. The first-order valence-corrected chi connectivity index (χ1v) is 6.72. The first-order valence-electron chi connectivity index (χ1n) is 5.93. The van der Waals surface area contributed by atoms with Gasteiger partial charge in [-0.15, -0.1) is 0 Å². The maximum absolute atomic E-state index is 5.80. The van der Waals surface area contributed by atoms with Gasteiger partial charge in [0.1, 0.15) is 5.75 Å². The summed E-state index contributed by atoms with van der Waals surface area (Å²) in [5, 5.41) is 0. The molecule has 2 aromatic rings. The molecule has 0 spiro atoms. The molecule has 0 atom stereocenters. The minimum Gasteiger partial charge on any atom is -0.497 e. The van der Waals surface area contributed by atoms with Gasteiger partial charge in [-0.1, -0.05) is 28.1 Å². The molecule has 0 unspecified atom stereocenters. The summed E-state index contributed by atoms with van der Waals surface area (Å²) in [6, 6.07) is 13.7. The van der Waals surface area contributed by atoms with E-state index >= 15 is 0 Å². The van der Waals surface area contributed by atoms with Gasteiger partial charge < -0.3 is 15.2 Å². The quantitative estimate of drug-likeness (QED) is 0.853. The van der Waals surface area contributed by atoms with E-state index in [1.165, 1.54) is 0 Å². The van der Waals surface area contributed by atoms with Crippen molar-refractivity contribution in [2.24, 2.45) is 0 Å². The van der Waals surface area contributed by atoms with Crippen molar-refractivity contribution in [3.8, 4) is 5.75 Å². The lowest BCUT2D eigenvalue weighted by atomic mass is 10.2. The number of ether oxygens (including phenoxy) is 2. The smallest absolute Gasteiger partial charge is 0.121 e. The standard InChI is InChI=1S/C15H16BrNO2/c1-18-15-7-12(6-14(17)8-15)10-19-9-11-3-2-4-13(16)5-11/h2-8H,9-10,17H2,1H3. The Morgan fingerprint density at radius 3 is 2.58 bits per heavy atom. The van der Waals surface area contributed by atoms with Crippen LogP contribution in [0.2, 0.25) is 0 Å². The van der Waals surface area contributed by atoms with Crippen LogP contribution in [0.3, 0.4) is 0 Å². The summed E-state index contributed by atoms with van der Waals surface area (Å²) in [6.07, 6.45) is 0. The van der Waals surface area contributed by atoms with E-state index in [9.17, 15) is 0 Å². The van der Waals surface area contributed by atoms with Gasteiger partial charge in [0.15, 0.2) is 0 Å². The number of halogens is 1. The Morgan fingerprint density at radius 1 is 1.05 bits per heavy atom. The van der Waals surface area contributed by atoms with Crippen molar-refractivity contribution in [3.05, 3.63) is 58.1 Å². The molecule has 2 N–H and O–H groups in total. The van der Waals surface area contributed by atoms with Gasteiger partial charge in [-0.2, -0.15) is 0 Å². The van der Waals surface area contributed by atoms with Crippen LogP contribution in [0, 0.1) is 0 Å². The molecule has 0 fully saturated rings. The van der Waals surface area contributed by atoms with Crippen LogP contribution in [0.25, 0.3) is 0 Å². The first kappa shape index (κ1) is 13.9. The van der Waals surface area contributed by atoms with Crippen LogP contribution in [0.1, 0.15) is 11.1 Å². The Morgan fingerprint density at radius 2 is 1.84 bits per heavy atom. The molecule has 0 bridgehead atoms. The number of hydrogen-bond donors (Lipinski definition) is 1. The van der Waals surface area contributed by atoms with Gasteiger partial charge in [0.2, 0.25) is 0 Å². The minimum absolute atomic E-state index is 0.508. The molecule has 3 nitrogen and oxygen atoms in total. The van der Waals surface area contributed by atoms with Crippen molar-refractivity contribution in [1.82, 2.24) is 0 Å². The largest absolute Gasteiger partial charge is 0.497 e. The van der Waals surface area contributed by atoms with Gasteiger partial charge in [-0.25, -0.2) is 0 Å². The fourth-order valence-electron chi connectivity index (χ4n) is 1.80. The van der Waals surface area contributed by atoms with Gasteiger partial charge in [-0.3, -0.25) is 0 Å². The highest BCUT2D eigenvalue weighted by Gasteiger charge is 2.00. The van der Waals surface area contributed by atoms with E-state index in [1.54, 1.807) is 13.2 Å². The number of anilines is 1. The Labute approximate surface area is 121 Å². The van der Waals surface area contributed by atoms with E-state index in [1.807, 2.05) is 36.4 Å². The SMILES string of the molecule is COc1cc(N)cc(COCc2cccc(Br)c2)c1. The fourth-order valence-corrected chi connectivity index (χ4v) is 2.25. The summed E-state index contributed by atoms with van der Waals surface area (Å²) in [7, 11) is 1.63. The lowest BCUT2D eigenvalue weighted by molar-refractivity contribution is 0.107. The molecule has 0 aliphatic heterocycles. The van der Waals surface area contributed by atoms with Crippen molar-refractivity contribution in [1.29, 1.82) is 0 Å². The molecule has 2 aromatic carbocycles. The van der Waals surface area contributed by atoms with Gasteiger partial charge in [-0.05, 0) is 35.4 Å². The number of methoxy groups -OCH3 is 1. The van der Waals surface area contributed by atoms with Crippen LogP contribution >= 0.6 is 15.9 Å².